The van der Waals surface area contributed by atoms with E-state index >= 15 is 0 Å². The minimum atomic E-state index is -0.425. The first-order valence-corrected chi connectivity index (χ1v) is 4.61. The number of hydrogen-bond acceptors (Lipinski definition) is 1. The summed E-state index contributed by atoms with van der Waals surface area (Å²) in [6.07, 6.45) is 0.636. The van der Waals surface area contributed by atoms with Crippen molar-refractivity contribution < 1.29 is 9.18 Å². The number of likely N-dealkylation sites (tertiary alicyclic amines) is 1. The number of alkyl halides is 2. The van der Waals surface area contributed by atoms with E-state index in [0.717, 1.165) is 0 Å². The van der Waals surface area contributed by atoms with Crippen LogP contribution < -0.4 is 0 Å². The van der Waals surface area contributed by atoms with Crippen molar-refractivity contribution in [3.63, 3.8) is 0 Å². The van der Waals surface area contributed by atoms with Crippen LogP contribution in [0.5, 0.6) is 0 Å². The van der Waals surface area contributed by atoms with E-state index < -0.39 is 5.38 Å². The standard InChI is InChI=1S/C8H13ClFNO/c1-2-7(9)8(12)11-4-6(3-10)5-11/h6-7H,2-5H2,1H3. The molecule has 0 N–H and O–H groups in total. The Labute approximate surface area is 76.7 Å². The van der Waals surface area contributed by atoms with Crippen molar-refractivity contribution >= 4 is 17.5 Å². The van der Waals surface area contributed by atoms with Crippen LogP contribution in [0.25, 0.3) is 0 Å². The van der Waals surface area contributed by atoms with Gasteiger partial charge in [-0.05, 0) is 6.42 Å². The molecule has 1 unspecified atom stereocenters. The highest BCUT2D eigenvalue weighted by molar-refractivity contribution is 6.30. The average molecular weight is 194 g/mol. The van der Waals surface area contributed by atoms with Gasteiger partial charge in [-0.3, -0.25) is 9.18 Å². The highest BCUT2D eigenvalue weighted by Crippen LogP contribution is 2.19. The molecule has 0 aliphatic carbocycles. The normalized spacial score (nSPS) is 20.4. The van der Waals surface area contributed by atoms with Gasteiger partial charge in [0, 0.05) is 19.0 Å². The highest BCUT2D eigenvalue weighted by Gasteiger charge is 2.32. The van der Waals surface area contributed by atoms with E-state index in [1.807, 2.05) is 6.92 Å². The van der Waals surface area contributed by atoms with Crippen LogP contribution in [0.1, 0.15) is 13.3 Å². The molecule has 4 heteroatoms. The van der Waals surface area contributed by atoms with Gasteiger partial charge in [-0.1, -0.05) is 6.92 Å². The average Bonchev–Trinajstić information content (AvgIpc) is 2.01. The molecular weight excluding hydrogens is 181 g/mol. The molecule has 1 fully saturated rings. The van der Waals surface area contributed by atoms with Gasteiger partial charge in [0.15, 0.2) is 0 Å². The number of amides is 1. The maximum Gasteiger partial charge on any atom is 0.240 e. The van der Waals surface area contributed by atoms with Crippen LogP contribution in [0.4, 0.5) is 4.39 Å². The highest BCUT2D eigenvalue weighted by atomic mass is 35.5. The van der Waals surface area contributed by atoms with Gasteiger partial charge in [-0.15, -0.1) is 11.6 Å². The fourth-order valence-electron chi connectivity index (χ4n) is 1.22. The van der Waals surface area contributed by atoms with Crippen molar-refractivity contribution in [3.8, 4) is 0 Å². The molecule has 1 aliphatic rings. The Bertz CT molecular complexity index is 170. The summed E-state index contributed by atoms with van der Waals surface area (Å²) < 4.78 is 12.0. The van der Waals surface area contributed by atoms with Crippen LogP contribution in [-0.4, -0.2) is 35.9 Å². The molecule has 0 saturated carbocycles. The number of rotatable bonds is 3. The van der Waals surface area contributed by atoms with Gasteiger partial charge in [0.1, 0.15) is 5.38 Å². The van der Waals surface area contributed by atoms with Crippen LogP contribution in [-0.2, 0) is 4.79 Å². The zero-order chi connectivity index (χ0) is 9.14. The Morgan fingerprint density at radius 3 is 2.75 bits per heavy atom. The Morgan fingerprint density at radius 2 is 2.33 bits per heavy atom. The lowest BCUT2D eigenvalue weighted by Gasteiger charge is -2.38. The molecule has 1 atom stereocenters. The van der Waals surface area contributed by atoms with Crippen LogP contribution in [0.3, 0.4) is 0 Å². The molecule has 1 heterocycles. The second-order valence-electron chi connectivity index (χ2n) is 3.14. The van der Waals surface area contributed by atoms with Crippen molar-refractivity contribution in [1.29, 1.82) is 0 Å². The third kappa shape index (κ3) is 1.89. The third-order valence-electron chi connectivity index (χ3n) is 2.11. The molecule has 0 radical (unpaired) electrons. The lowest BCUT2D eigenvalue weighted by atomic mass is 10.0. The van der Waals surface area contributed by atoms with Gasteiger partial charge in [-0.2, -0.15) is 0 Å². The largest absolute Gasteiger partial charge is 0.341 e. The van der Waals surface area contributed by atoms with Gasteiger partial charge < -0.3 is 4.90 Å². The first-order valence-electron chi connectivity index (χ1n) is 4.17. The quantitative estimate of drug-likeness (QED) is 0.621. The monoisotopic (exact) mass is 193 g/mol. The van der Waals surface area contributed by atoms with Crippen LogP contribution >= 0.6 is 11.6 Å². The number of carbonyl (C=O) groups excluding carboxylic acids is 1. The molecule has 1 rings (SSSR count). The summed E-state index contributed by atoms with van der Waals surface area (Å²) in [6, 6.07) is 0. The van der Waals surface area contributed by atoms with E-state index in [1.165, 1.54) is 0 Å². The van der Waals surface area contributed by atoms with Gasteiger partial charge in [0.25, 0.3) is 0 Å². The van der Waals surface area contributed by atoms with E-state index in [9.17, 15) is 9.18 Å². The predicted molar refractivity (Wildman–Crippen MR) is 46.0 cm³/mol. The van der Waals surface area contributed by atoms with E-state index in [4.69, 9.17) is 11.6 Å². The molecule has 70 valence electrons. The van der Waals surface area contributed by atoms with Crippen LogP contribution in [0.2, 0.25) is 0 Å². The molecule has 1 saturated heterocycles. The van der Waals surface area contributed by atoms with Crippen molar-refractivity contribution in [2.75, 3.05) is 19.8 Å². The van der Waals surface area contributed by atoms with Crippen molar-refractivity contribution in [2.45, 2.75) is 18.7 Å². The zero-order valence-electron chi connectivity index (χ0n) is 7.09. The Hall–Kier alpha value is -0.310. The minimum Gasteiger partial charge on any atom is -0.341 e. The van der Waals surface area contributed by atoms with Crippen LogP contribution in [0.15, 0.2) is 0 Å². The van der Waals surface area contributed by atoms with Gasteiger partial charge in [-0.25, -0.2) is 0 Å². The van der Waals surface area contributed by atoms with Crippen molar-refractivity contribution in [1.82, 2.24) is 4.90 Å². The summed E-state index contributed by atoms with van der Waals surface area (Å²) in [5.74, 6) is -0.00135. The maximum atomic E-state index is 12.0. The molecule has 0 bridgehead atoms. The number of hydrogen-bond donors (Lipinski definition) is 0. The first kappa shape index (κ1) is 9.78. The third-order valence-corrected chi connectivity index (χ3v) is 2.61. The molecule has 0 aromatic rings. The lowest BCUT2D eigenvalue weighted by molar-refractivity contribution is -0.137. The number of carbonyl (C=O) groups is 1. The van der Waals surface area contributed by atoms with Gasteiger partial charge in [0.2, 0.25) is 5.91 Å². The summed E-state index contributed by atoms with van der Waals surface area (Å²) >= 11 is 5.73. The summed E-state index contributed by atoms with van der Waals surface area (Å²) in [4.78, 5) is 12.9. The summed E-state index contributed by atoms with van der Waals surface area (Å²) in [5, 5.41) is -0.425. The molecule has 1 aliphatic heterocycles. The lowest BCUT2D eigenvalue weighted by Crippen LogP contribution is -2.53. The molecule has 0 aromatic heterocycles. The van der Waals surface area contributed by atoms with E-state index in [2.05, 4.69) is 0 Å². The molecular formula is C8H13ClFNO. The Balaban J connectivity index is 2.28. The van der Waals surface area contributed by atoms with Gasteiger partial charge >= 0.3 is 0 Å². The second kappa shape index (κ2) is 4.08. The number of halogens is 2. The summed E-state index contributed by atoms with van der Waals surface area (Å²) in [5.41, 5.74) is 0. The van der Waals surface area contributed by atoms with Crippen molar-refractivity contribution in [3.05, 3.63) is 0 Å². The fourth-order valence-corrected chi connectivity index (χ4v) is 1.36. The smallest absolute Gasteiger partial charge is 0.240 e. The molecule has 1 amide bonds. The minimum absolute atomic E-state index is 0.0506. The molecule has 0 spiro atoms. The molecule has 0 aromatic carbocycles. The summed E-state index contributed by atoms with van der Waals surface area (Å²) in [7, 11) is 0. The second-order valence-corrected chi connectivity index (χ2v) is 3.67. The topological polar surface area (TPSA) is 20.3 Å². The zero-order valence-corrected chi connectivity index (χ0v) is 7.85. The van der Waals surface area contributed by atoms with E-state index in [1.54, 1.807) is 4.90 Å². The predicted octanol–water partition coefficient (Wildman–Crippen LogP) is 1.43. The summed E-state index contributed by atoms with van der Waals surface area (Å²) in [6.45, 7) is 2.61. The van der Waals surface area contributed by atoms with Gasteiger partial charge in [0.05, 0.1) is 6.67 Å². The Kier molecular flexibility index (Phi) is 3.32. The SMILES string of the molecule is CCC(Cl)C(=O)N1CC(CF)C1. The Morgan fingerprint density at radius 1 is 1.75 bits per heavy atom. The first-order chi connectivity index (χ1) is 5.69. The van der Waals surface area contributed by atoms with Crippen LogP contribution in [0, 0.1) is 5.92 Å². The fraction of sp³-hybridized carbons (Fsp3) is 0.875. The molecule has 2 nitrogen and oxygen atoms in total. The molecule has 12 heavy (non-hydrogen) atoms. The van der Waals surface area contributed by atoms with E-state index in [0.29, 0.717) is 19.5 Å². The number of nitrogens with zero attached hydrogens (tertiary/aromatic N) is 1. The maximum absolute atomic E-state index is 12.0. The van der Waals surface area contributed by atoms with E-state index in [-0.39, 0.29) is 18.5 Å². The van der Waals surface area contributed by atoms with Crippen molar-refractivity contribution in [2.24, 2.45) is 5.92 Å².